The number of aryl methyl sites for hydroxylation is 1. The fraction of sp³-hybridized carbons (Fsp3) is 0.286. The zero-order chi connectivity index (χ0) is 16.2. The molecule has 0 spiro atoms. The first kappa shape index (κ1) is 23.4. The molecule has 0 N–H and O–H groups in total. The van der Waals surface area contributed by atoms with Gasteiger partial charge in [0.1, 0.15) is 5.82 Å². The minimum atomic E-state index is 0. The molecule has 0 aliphatic heterocycles. The van der Waals surface area contributed by atoms with Crippen LogP contribution in [0, 0.1) is 25.8 Å². The molecule has 0 unspecified atom stereocenters. The van der Waals surface area contributed by atoms with E-state index in [1.165, 1.54) is 16.3 Å². The van der Waals surface area contributed by atoms with Crippen molar-refractivity contribution in [3.63, 3.8) is 0 Å². The van der Waals surface area contributed by atoms with E-state index in [2.05, 4.69) is 61.2 Å². The fourth-order valence-corrected chi connectivity index (χ4v) is 3.30. The molecule has 0 saturated carbocycles. The second kappa shape index (κ2) is 8.56. The van der Waals surface area contributed by atoms with Crippen LogP contribution in [0.5, 0.6) is 0 Å². The first-order valence-electron chi connectivity index (χ1n) is 8.01. The van der Waals surface area contributed by atoms with E-state index in [9.17, 15) is 0 Å². The van der Waals surface area contributed by atoms with Gasteiger partial charge < -0.3 is 7.43 Å². The van der Waals surface area contributed by atoms with Crippen molar-refractivity contribution >= 4 is 27.3 Å². The predicted octanol–water partition coefficient (Wildman–Crippen LogP) is 5.18. The smallest absolute Gasteiger partial charge is 0.137 e. The van der Waals surface area contributed by atoms with Crippen molar-refractivity contribution in [2.75, 3.05) is 0 Å². The molecule has 3 nitrogen and oxygen atoms in total. The molecule has 136 valence electrons. The molecule has 2 aromatic carbocycles. The number of aromatic nitrogens is 3. The van der Waals surface area contributed by atoms with E-state index in [0.717, 1.165) is 28.8 Å². The van der Waals surface area contributed by atoms with Crippen molar-refractivity contribution in [2.24, 2.45) is 5.41 Å². The molecule has 0 bridgehead atoms. The van der Waals surface area contributed by atoms with Crippen molar-refractivity contribution in [3.8, 4) is 0 Å². The van der Waals surface area contributed by atoms with Crippen LogP contribution in [-0.2, 0) is 59.2 Å². The quantitative estimate of drug-likeness (QED) is 0.224. The Bertz CT molecular complexity index is 1050. The number of pyridine rings is 1. The number of rotatable bonds is 1. The van der Waals surface area contributed by atoms with E-state index in [1.807, 2.05) is 23.6 Å². The van der Waals surface area contributed by atoms with Gasteiger partial charge in [-0.05, 0) is 35.8 Å². The van der Waals surface area contributed by atoms with Gasteiger partial charge in [-0.1, -0.05) is 43.7 Å². The molecule has 4 rings (SSSR count). The monoisotopic (exact) mass is 599 g/mol. The molecule has 0 saturated heterocycles. The Hall–Kier alpha value is -0.667. The summed E-state index contributed by atoms with van der Waals surface area (Å²) < 4.78 is 1.95. The predicted molar refractivity (Wildman–Crippen MR) is 101 cm³/mol. The van der Waals surface area contributed by atoms with Gasteiger partial charge in [-0.2, -0.15) is 5.10 Å². The van der Waals surface area contributed by atoms with E-state index in [-0.39, 0.29) is 65.7 Å². The van der Waals surface area contributed by atoms with Gasteiger partial charge >= 0.3 is 0 Å². The van der Waals surface area contributed by atoms with Crippen molar-refractivity contribution in [1.82, 2.24) is 14.6 Å². The Morgan fingerprint density at radius 2 is 1.85 bits per heavy atom. The van der Waals surface area contributed by atoms with Crippen LogP contribution in [0.1, 0.15) is 32.2 Å². The standard InChI is InChI=1S/C20H20N3.CH3.Ir.Y/c1-13-21-19-16-8-6-5-7-15(16)17-11-14(12-20(2,3)4)9-10-18(17)23(19)22-13;;;/h5-7,9-11H,12H2,1-4H3;1H3;;/q2*-1;;. The van der Waals surface area contributed by atoms with Crippen LogP contribution in [0.3, 0.4) is 0 Å². The first-order chi connectivity index (χ1) is 10.9. The third-order valence-electron chi connectivity index (χ3n) is 4.11. The summed E-state index contributed by atoms with van der Waals surface area (Å²) in [5.41, 5.74) is 3.61. The van der Waals surface area contributed by atoms with Crippen LogP contribution in [-0.4, -0.2) is 14.6 Å². The molecular weight excluding hydrogens is 575 g/mol. The Labute approximate surface area is 194 Å². The molecule has 2 heterocycles. The average molecular weight is 599 g/mol. The Morgan fingerprint density at radius 3 is 2.54 bits per heavy atom. The van der Waals surface area contributed by atoms with E-state index in [4.69, 9.17) is 0 Å². The molecule has 0 atom stereocenters. The number of benzene rings is 2. The third kappa shape index (κ3) is 4.25. The molecule has 0 aliphatic rings. The van der Waals surface area contributed by atoms with Crippen molar-refractivity contribution in [1.29, 1.82) is 0 Å². The van der Waals surface area contributed by atoms with Gasteiger partial charge in [-0.15, -0.1) is 24.3 Å². The Balaban J connectivity index is 0.00000113. The van der Waals surface area contributed by atoms with Crippen LogP contribution in [0.4, 0.5) is 0 Å². The van der Waals surface area contributed by atoms with Gasteiger partial charge in [-0.25, -0.2) is 0 Å². The molecule has 2 aromatic heterocycles. The maximum absolute atomic E-state index is 4.59. The summed E-state index contributed by atoms with van der Waals surface area (Å²) in [4.78, 5) is 4.59. The van der Waals surface area contributed by atoms with Crippen LogP contribution >= 0.6 is 0 Å². The second-order valence-corrected chi connectivity index (χ2v) is 7.44. The fourth-order valence-electron chi connectivity index (χ4n) is 3.30. The largest absolute Gasteiger partial charge is 0.358 e. The number of hydrogen-bond acceptors (Lipinski definition) is 2. The molecule has 4 aromatic rings. The summed E-state index contributed by atoms with van der Waals surface area (Å²) in [6, 6.07) is 16.2. The molecule has 2 radical (unpaired) electrons. The van der Waals surface area contributed by atoms with E-state index in [0.29, 0.717) is 0 Å². The zero-order valence-electron chi connectivity index (χ0n) is 15.9. The molecular formula is C21H23IrN3Y-2. The SMILES string of the molecule is Cc1nc2c3[c-]cccc3c3cc(CC(C)(C)C)ccc3n2n1.[CH3-].[Ir].[Y]. The average Bonchev–Trinajstić information content (AvgIpc) is 2.88. The van der Waals surface area contributed by atoms with Gasteiger partial charge in [0.15, 0.2) is 0 Å². The molecule has 26 heavy (non-hydrogen) atoms. The molecule has 0 aliphatic carbocycles. The summed E-state index contributed by atoms with van der Waals surface area (Å²) in [7, 11) is 0. The Kier molecular flexibility index (Phi) is 7.70. The van der Waals surface area contributed by atoms with Crippen molar-refractivity contribution < 1.29 is 52.8 Å². The minimum absolute atomic E-state index is 0. The second-order valence-electron chi connectivity index (χ2n) is 7.44. The summed E-state index contributed by atoms with van der Waals surface area (Å²) in [6.45, 7) is 8.74. The van der Waals surface area contributed by atoms with Crippen LogP contribution < -0.4 is 0 Å². The summed E-state index contributed by atoms with van der Waals surface area (Å²) in [5, 5.41) is 8.03. The third-order valence-corrected chi connectivity index (χ3v) is 4.11. The van der Waals surface area contributed by atoms with Gasteiger partial charge in [0, 0.05) is 52.8 Å². The topological polar surface area (TPSA) is 30.2 Å². The van der Waals surface area contributed by atoms with Crippen molar-refractivity contribution in [2.45, 2.75) is 34.1 Å². The van der Waals surface area contributed by atoms with E-state index >= 15 is 0 Å². The number of hydrogen-bond donors (Lipinski definition) is 0. The van der Waals surface area contributed by atoms with E-state index < -0.39 is 0 Å². The van der Waals surface area contributed by atoms with Gasteiger partial charge in [-0.3, -0.25) is 9.50 Å². The maximum Gasteiger partial charge on any atom is 0.137 e. The maximum atomic E-state index is 4.59. The van der Waals surface area contributed by atoms with E-state index in [1.54, 1.807) is 0 Å². The molecule has 5 heteroatoms. The van der Waals surface area contributed by atoms with Crippen LogP contribution in [0.25, 0.3) is 27.3 Å². The van der Waals surface area contributed by atoms with Gasteiger partial charge in [0.05, 0.1) is 11.2 Å². The van der Waals surface area contributed by atoms with Gasteiger partial charge in [0.25, 0.3) is 0 Å². The molecule has 0 fully saturated rings. The summed E-state index contributed by atoms with van der Waals surface area (Å²) >= 11 is 0. The van der Waals surface area contributed by atoms with Crippen LogP contribution in [0.15, 0.2) is 36.4 Å². The van der Waals surface area contributed by atoms with Gasteiger partial charge in [0.2, 0.25) is 0 Å². The zero-order valence-corrected chi connectivity index (χ0v) is 21.2. The number of fused-ring (bicyclic) bond motifs is 6. The first-order valence-corrected chi connectivity index (χ1v) is 8.01. The number of nitrogens with zero attached hydrogens (tertiary/aromatic N) is 3. The minimum Gasteiger partial charge on any atom is -0.358 e. The summed E-state index contributed by atoms with van der Waals surface area (Å²) in [5.74, 6) is 0.787. The normalized spacial score (nSPS) is 11.1. The van der Waals surface area contributed by atoms with Crippen LogP contribution in [0.2, 0.25) is 0 Å². The molecule has 0 amide bonds. The summed E-state index contributed by atoms with van der Waals surface area (Å²) in [6.07, 6.45) is 1.05. The van der Waals surface area contributed by atoms with Crippen molar-refractivity contribution in [3.05, 3.63) is 61.3 Å². The Morgan fingerprint density at radius 1 is 1.12 bits per heavy atom.